The zero-order chi connectivity index (χ0) is 28.0. The van der Waals surface area contributed by atoms with E-state index in [-0.39, 0.29) is 5.97 Å². The van der Waals surface area contributed by atoms with E-state index >= 15 is 0 Å². The Morgan fingerprint density at radius 2 is 1.27 bits per heavy atom. The molecule has 40 heavy (non-hydrogen) atoms. The summed E-state index contributed by atoms with van der Waals surface area (Å²) in [6, 6.07) is 33.2. The molecule has 4 rings (SSSR count). The zero-order valence-electron chi connectivity index (χ0n) is 22.5. The van der Waals surface area contributed by atoms with Crippen LogP contribution in [0.15, 0.2) is 109 Å². The van der Waals surface area contributed by atoms with Gasteiger partial charge in [0.05, 0.1) is 6.61 Å². The van der Waals surface area contributed by atoms with E-state index in [1.165, 1.54) is 6.08 Å². The van der Waals surface area contributed by atoms with Crippen LogP contribution in [0.25, 0.3) is 6.08 Å². The van der Waals surface area contributed by atoms with Gasteiger partial charge in [0, 0.05) is 46.6 Å². The normalized spacial score (nSPS) is 10.8. The highest BCUT2D eigenvalue weighted by molar-refractivity contribution is 5.87. The Morgan fingerprint density at radius 1 is 0.700 bits per heavy atom. The molecule has 3 nitrogen and oxygen atoms in total. The number of hydrogen-bond donors (Lipinski definition) is 0. The zero-order valence-corrected chi connectivity index (χ0v) is 22.5. The second-order valence-corrected chi connectivity index (χ2v) is 8.56. The van der Waals surface area contributed by atoms with Crippen LogP contribution < -0.4 is 0 Å². The van der Waals surface area contributed by atoms with Crippen LogP contribution in [-0.4, -0.2) is 19.7 Å². The van der Waals surface area contributed by atoms with Crippen molar-refractivity contribution < 1.29 is 14.3 Å². The summed E-state index contributed by atoms with van der Waals surface area (Å²) in [5, 5.41) is 0. The molecule has 0 N–H and O–H groups in total. The molecule has 194 valence electrons. The molecular weight excluding hydrogens is 492 g/mol. The van der Waals surface area contributed by atoms with E-state index in [0.29, 0.717) is 6.61 Å². The lowest BCUT2D eigenvalue weighted by Crippen LogP contribution is -2.01. The first-order valence-corrected chi connectivity index (χ1v) is 12.9. The average Bonchev–Trinajstić information content (AvgIpc) is 3.00. The van der Waals surface area contributed by atoms with E-state index in [4.69, 9.17) is 9.47 Å². The molecule has 0 saturated carbocycles. The van der Waals surface area contributed by atoms with Crippen molar-refractivity contribution in [2.24, 2.45) is 0 Å². The maximum Gasteiger partial charge on any atom is 0.330 e. The third-order valence-electron chi connectivity index (χ3n) is 5.84. The maximum atomic E-state index is 11.8. The van der Waals surface area contributed by atoms with Gasteiger partial charge in [-0.2, -0.15) is 0 Å². The van der Waals surface area contributed by atoms with Gasteiger partial charge < -0.3 is 9.47 Å². The van der Waals surface area contributed by atoms with Crippen molar-refractivity contribution in [2.75, 3.05) is 13.7 Å². The Kier molecular flexibility index (Phi) is 10.1. The summed E-state index contributed by atoms with van der Waals surface area (Å²) in [6.45, 7) is 2.11. The van der Waals surface area contributed by atoms with Gasteiger partial charge in [0.25, 0.3) is 0 Å². The van der Waals surface area contributed by atoms with Crippen LogP contribution >= 0.6 is 0 Å². The number of hydrogen-bond acceptors (Lipinski definition) is 3. The van der Waals surface area contributed by atoms with Gasteiger partial charge in [0.15, 0.2) is 0 Å². The first-order valence-electron chi connectivity index (χ1n) is 12.9. The minimum absolute atomic E-state index is 0.331. The average molecular weight is 521 g/mol. The molecule has 0 spiro atoms. The topological polar surface area (TPSA) is 35.5 Å². The number of carbonyl (C=O) groups is 1. The van der Waals surface area contributed by atoms with Crippen LogP contribution in [0.1, 0.15) is 52.0 Å². The van der Waals surface area contributed by atoms with Gasteiger partial charge in [-0.3, -0.25) is 0 Å². The molecule has 1 atom stereocenters. The van der Waals surface area contributed by atoms with Crippen molar-refractivity contribution in [3.8, 4) is 35.5 Å². The van der Waals surface area contributed by atoms with Gasteiger partial charge in [-0.25, -0.2) is 4.79 Å². The van der Waals surface area contributed by atoms with Gasteiger partial charge in [-0.05, 0) is 55.0 Å². The van der Waals surface area contributed by atoms with Crippen molar-refractivity contribution >= 4 is 12.0 Å². The maximum absolute atomic E-state index is 11.8. The summed E-state index contributed by atoms with van der Waals surface area (Å²) in [5.41, 5.74) is 5.95. The largest absolute Gasteiger partial charge is 0.463 e. The molecule has 0 amide bonds. The van der Waals surface area contributed by atoms with Crippen molar-refractivity contribution in [2.45, 2.75) is 13.0 Å². The van der Waals surface area contributed by atoms with Crippen LogP contribution in [-0.2, 0) is 14.3 Å². The number of carbonyl (C=O) groups excluding carboxylic acids is 1. The van der Waals surface area contributed by atoms with Crippen molar-refractivity contribution in [3.05, 3.63) is 148 Å². The lowest BCUT2D eigenvalue weighted by Gasteiger charge is -2.11. The smallest absolute Gasteiger partial charge is 0.330 e. The lowest BCUT2D eigenvalue weighted by molar-refractivity contribution is -0.137. The van der Waals surface area contributed by atoms with E-state index in [1.54, 1.807) is 20.1 Å². The van der Waals surface area contributed by atoms with Crippen LogP contribution in [0, 0.1) is 35.5 Å². The summed E-state index contributed by atoms with van der Waals surface area (Å²) in [4.78, 5) is 11.8. The molecule has 0 saturated heterocycles. The molecule has 0 heterocycles. The summed E-state index contributed by atoms with van der Waals surface area (Å²) >= 11 is 0. The number of esters is 1. The van der Waals surface area contributed by atoms with E-state index in [9.17, 15) is 4.79 Å². The van der Waals surface area contributed by atoms with Gasteiger partial charge >= 0.3 is 5.97 Å². The van der Waals surface area contributed by atoms with E-state index in [0.717, 1.165) is 38.9 Å². The van der Waals surface area contributed by atoms with Crippen LogP contribution in [0.2, 0.25) is 0 Å². The molecule has 3 heteroatoms. The SMILES string of the molecule is CCOC(=O)/C=C\c1ccccc1C#Cc1ccccc1C(C#Cc1ccccc1C#Cc1ccccc1)OC. The second kappa shape index (κ2) is 14.6. The Labute approximate surface area is 236 Å². The van der Waals surface area contributed by atoms with E-state index in [1.807, 2.05) is 103 Å². The predicted octanol–water partition coefficient (Wildman–Crippen LogP) is 6.80. The van der Waals surface area contributed by atoms with Crippen molar-refractivity contribution in [1.29, 1.82) is 0 Å². The molecule has 0 aromatic heterocycles. The summed E-state index contributed by atoms with van der Waals surface area (Å²) in [5.74, 6) is 19.1. The quantitative estimate of drug-likeness (QED) is 0.165. The molecule has 0 bridgehead atoms. The number of benzene rings is 4. The molecule has 0 fully saturated rings. The fourth-order valence-electron chi connectivity index (χ4n) is 3.85. The van der Waals surface area contributed by atoms with Gasteiger partial charge in [-0.15, -0.1) is 0 Å². The van der Waals surface area contributed by atoms with E-state index in [2.05, 4.69) is 35.5 Å². The highest BCUT2D eigenvalue weighted by Crippen LogP contribution is 2.21. The first-order chi connectivity index (χ1) is 19.7. The van der Waals surface area contributed by atoms with Crippen LogP contribution in [0.3, 0.4) is 0 Å². The highest BCUT2D eigenvalue weighted by atomic mass is 16.5. The minimum atomic E-state index is -0.486. The Bertz CT molecular complexity index is 1680. The standard InChI is InChI=1S/C37H28O3/c1-3-40-37(38)28-26-33-18-10-8-16-31(33)23-24-34-19-11-12-20-35(34)36(39-2)27-25-32-17-9-7-15-30(32)22-21-29-13-5-4-6-14-29/h4-20,26,28,36H,3H2,1-2H3/b28-26-. The molecule has 0 aliphatic carbocycles. The van der Waals surface area contributed by atoms with Gasteiger partial charge in [0.1, 0.15) is 6.10 Å². The lowest BCUT2D eigenvalue weighted by atomic mass is 10.0. The predicted molar refractivity (Wildman–Crippen MR) is 160 cm³/mol. The summed E-state index contributed by atoms with van der Waals surface area (Å²) in [7, 11) is 1.64. The molecule has 4 aromatic rings. The summed E-state index contributed by atoms with van der Waals surface area (Å²) < 4.78 is 10.8. The molecule has 4 aromatic carbocycles. The number of rotatable bonds is 5. The Morgan fingerprint density at radius 3 is 2.00 bits per heavy atom. The number of ether oxygens (including phenoxy) is 2. The van der Waals surface area contributed by atoms with Crippen LogP contribution in [0.4, 0.5) is 0 Å². The minimum Gasteiger partial charge on any atom is -0.463 e. The van der Waals surface area contributed by atoms with Crippen molar-refractivity contribution in [3.63, 3.8) is 0 Å². The Hall–Kier alpha value is -5.27. The molecule has 0 radical (unpaired) electrons. The van der Waals surface area contributed by atoms with Gasteiger partial charge in [0.2, 0.25) is 0 Å². The second-order valence-electron chi connectivity index (χ2n) is 8.56. The molecular formula is C37H28O3. The van der Waals surface area contributed by atoms with Crippen LogP contribution in [0.5, 0.6) is 0 Å². The molecule has 0 aliphatic heterocycles. The van der Waals surface area contributed by atoms with Gasteiger partial charge in [-0.1, -0.05) is 102 Å². The first kappa shape index (κ1) is 27.8. The molecule has 0 aliphatic rings. The highest BCUT2D eigenvalue weighted by Gasteiger charge is 2.11. The fourth-order valence-corrected chi connectivity index (χ4v) is 3.85. The number of methoxy groups -OCH3 is 1. The summed E-state index contributed by atoms with van der Waals surface area (Å²) in [6.07, 6.45) is 2.64. The van der Waals surface area contributed by atoms with E-state index < -0.39 is 6.10 Å². The van der Waals surface area contributed by atoms with Crippen molar-refractivity contribution in [1.82, 2.24) is 0 Å². The fraction of sp³-hybridized carbons (Fsp3) is 0.108. The third-order valence-corrected chi connectivity index (χ3v) is 5.84. The Balaban J connectivity index is 1.62. The monoisotopic (exact) mass is 520 g/mol. The third kappa shape index (κ3) is 7.86. The molecule has 1 unspecified atom stereocenters.